The van der Waals surface area contributed by atoms with E-state index in [1.165, 1.54) is 0 Å². The zero-order valence-corrected chi connectivity index (χ0v) is 14.2. The lowest BCUT2D eigenvalue weighted by Gasteiger charge is -2.56. The summed E-state index contributed by atoms with van der Waals surface area (Å²) in [6.45, 7) is 8.17. The van der Waals surface area contributed by atoms with Crippen LogP contribution in [-0.2, 0) is 14.4 Å². The topological polar surface area (TPSA) is 136 Å². The van der Waals surface area contributed by atoms with E-state index in [2.05, 4.69) is 5.32 Å². The number of thioether (sulfide) groups is 1. The fraction of sp³-hybridized carbons (Fsp3) is 0.786. The highest BCUT2D eigenvalue weighted by Gasteiger charge is 2.54. The molecule has 0 aliphatic carbocycles. The number of hydrogen-bond donors (Lipinski definition) is 4. The third-order valence-corrected chi connectivity index (χ3v) is 5.28. The lowest BCUT2D eigenvalue weighted by molar-refractivity contribution is -0.139. The molecule has 126 valence electrons. The first-order valence-corrected chi connectivity index (χ1v) is 7.94. The molecule has 0 radical (unpaired) electrons. The lowest BCUT2D eigenvalue weighted by atomic mass is 9.89. The van der Waals surface area contributed by atoms with Crippen LogP contribution in [0.3, 0.4) is 0 Å². The van der Waals surface area contributed by atoms with Crippen LogP contribution in [0.15, 0.2) is 0 Å². The number of hydrogen-bond acceptors (Lipinski definition) is 6. The molecule has 1 heterocycles. The van der Waals surface area contributed by atoms with Gasteiger partial charge < -0.3 is 21.9 Å². The second-order valence-electron chi connectivity index (χ2n) is 6.73. The van der Waals surface area contributed by atoms with Crippen molar-refractivity contribution in [1.82, 2.24) is 5.32 Å². The highest BCUT2D eigenvalue weighted by Crippen LogP contribution is 2.54. The Morgan fingerprint density at radius 1 is 1.09 bits per heavy atom. The Bertz CT molecular complexity index is 465. The van der Waals surface area contributed by atoms with Crippen molar-refractivity contribution >= 4 is 29.4 Å². The monoisotopic (exact) mass is 331 g/mol. The molecule has 22 heavy (non-hydrogen) atoms. The van der Waals surface area contributed by atoms with Gasteiger partial charge in [0.15, 0.2) is 5.78 Å². The average Bonchev–Trinajstić information content (AvgIpc) is 2.32. The summed E-state index contributed by atoms with van der Waals surface area (Å²) in [5.74, 6) is -2.11. The van der Waals surface area contributed by atoms with Gasteiger partial charge in [-0.25, -0.2) is 0 Å². The normalized spacial score (nSPS) is 22.3. The number of carboxylic acid groups (broad SMARTS) is 1. The molecule has 0 aromatic carbocycles. The summed E-state index contributed by atoms with van der Waals surface area (Å²) in [5, 5.41) is 11.5. The van der Waals surface area contributed by atoms with E-state index in [9.17, 15) is 14.4 Å². The van der Waals surface area contributed by atoms with Crippen molar-refractivity contribution in [2.24, 2.45) is 11.5 Å². The van der Waals surface area contributed by atoms with Crippen LogP contribution in [-0.4, -0.2) is 50.4 Å². The Kier molecular flexibility index (Phi) is 5.64. The molecule has 1 aliphatic heterocycles. The van der Waals surface area contributed by atoms with E-state index in [-0.39, 0.29) is 27.9 Å². The molecule has 0 saturated carbocycles. The first-order chi connectivity index (χ1) is 9.86. The van der Waals surface area contributed by atoms with Gasteiger partial charge in [-0.3, -0.25) is 14.4 Å². The van der Waals surface area contributed by atoms with Crippen molar-refractivity contribution in [3.05, 3.63) is 0 Å². The smallest absolute Gasteiger partial charge is 0.305 e. The van der Waals surface area contributed by atoms with Crippen molar-refractivity contribution in [2.45, 2.75) is 68.2 Å². The van der Waals surface area contributed by atoms with Crippen molar-refractivity contribution in [3.8, 4) is 0 Å². The maximum absolute atomic E-state index is 12.1. The third kappa shape index (κ3) is 4.44. The van der Waals surface area contributed by atoms with Gasteiger partial charge in [0.1, 0.15) is 0 Å². The molecule has 8 heteroatoms. The van der Waals surface area contributed by atoms with Crippen LogP contribution in [0, 0.1) is 0 Å². The highest BCUT2D eigenvalue weighted by molar-refractivity contribution is 8.03. The number of carbonyl (C=O) groups excluding carboxylic acids is 2. The number of carboxylic acids is 1. The number of aliphatic carboxylic acids is 1. The molecular weight excluding hydrogens is 306 g/mol. The SMILES string of the molecule is CC1(C)SC(C)(C)C1NC(=O)CC(N)C(=O)[C@H](N)CC(=O)O. The molecule has 1 fully saturated rings. The number of amides is 1. The molecular formula is C14H25N3O4S. The second-order valence-corrected chi connectivity index (χ2v) is 9.04. The largest absolute Gasteiger partial charge is 0.481 e. The minimum atomic E-state index is -1.19. The van der Waals surface area contributed by atoms with Gasteiger partial charge in [0.2, 0.25) is 5.91 Å². The van der Waals surface area contributed by atoms with Crippen LogP contribution in [0.5, 0.6) is 0 Å². The van der Waals surface area contributed by atoms with E-state index in [4.69, 9.17) is 16.6 Å². The van der Waals surface area contributed by atoms with Gasteiger partial charge in [-0.05, 0) is 27.7 Å². The van der Waals surface area contributed by atoms with Gasteiger partial charge in [-0.15, -0.1) is 11.8 Å². The number of carbonyl (C=O) groups is 3. The first kappa shape index (κ1) is 18.9. The quantitative estimate of drug-likeness (QED) is 0.510. The van der Waals surface area contributed by atoms with Gasteiger partial charge in [0.05, 0.1) is 24.5 Å². The Balaban J connectivity index is 2.54. The molecule has 7 nitrogen and oxygen atoms in total. The predicted molar refractivity (Wildman–Crippen MR) is 85.5 cm³/mol. The molecule has 1 unspecified atom stereocenters. The fourth-order valence-electron chi connectivity index (χ4n) is 3.01. The second kappa shape index (κ2) is 6.55. The number of nitrogens with two attached hydrogens (primary N) is 2. The van der Waals surface area contributed by atoms with Gasteiger partial charge >= 0.3 is 5.97 Å². The number of nitrogens with one attached hydrogen (secondary N) is 1. The van der Waals surface area contributed by atoms with Crippen LogP contribution in [0.1, 0.15) is 40.5 Å². The van der Waals surface area contributed by atoms with Crippen molar-refractivity contribution in [1.29, 1.82) is 0 Å². The molecule has 0 aromatic rings. The first-order valence-electron chi connectivity index (χ1n) is 7.13. The van der Waals surface area contributed by atoms with Crippen molar-refractivity contribution in [3.63, 3.8) is 0 Å². The summed E-state index contributed by atoms with van der Waals surface area (Å²) < 4.78 is -0.153. The Morgan fingerprint density at radius 3 is 1.95 bits per heavy atom. The molecule has 1 saturated heterocycles. The van der Waals surface area contributed by atoms with E-state index in [0.29, 0.717) is 0 Å². The summed E-state index contributed by atoms with van der Waals surface area (Å²) in [6.07, 6.45) is -0.688. The number of rotatable bonds is 7. The van der Waals surface area contributed by atoms with Gasteiger partial charge in [-0.2, -0.15) is 0 Å². The molecule has 0 aromatic heterocycles. The average molecular weight is 331 g/mol. The minimum Gasteiger partial charge on any atom is -0.481 e. The molecule has 1 aliphatic rings. The number of ketones is 1. The molecule has 0 spiro atoms. The summed E-state index contributed by atoms with van der Waals surface area (Å²) >= 11 is 1.78. The molecule has 1 amide bonds. The van der Waals surface area contributed by atoms with Crippen molar-refractivity contribution < 1.29 is 19.5 Å². The molecule has 1 rings (SSSR count). The maximum Gasteiger partial charge on any atom is 0.305 e. The van der Waals surface area contributed by atoms with Gasteiger partial charge in [0.25, 0.3) is 0 Å². The molecule has 2 atom stereocenters. The third-order valence-electron chi connectivity index (χ3n) is 3.75. The van der Waals surface area contributed by atoms with E-state index in [1.54, 1.807) is 11.8 Å². The van der Waals surface area contributed by atoms with E-state index < -0.39 is 30.3 Å². The predicted octanol–water partition coefficient (Wildman–Crippen LogP) is -0.136. The van der Waals surface area contributed by atoms with Gasteiger partial charge in [-0.1, -0.05) is 0 Å². The van der Waals surface area contributed by atoms with E-state index in [0.717, 1.165) is 0 Å². The van der Waals surface area contributed by atoms with Crippen LogP contribution >= 0.6 is 11.8 Å². The number of Topliss-reactive ketones (excluding diaryl/α,β-unsaturated/α-hetero) is 1. The Hall–Kier alpha value is -1.12. The van der Waals surface area contributed by atoms with Crippen LogP contribution < -0.4 is 16.8 Å². The van der Waals surface area contributed by atoms with Gasteiger partial charge in [0, 0.05) is 15.9 Å². The van der Waals surface area contributed by atoms with E-state index in [1.807, 2.05) is 27.7 Å². The molecule has 0 bridgehead atoms. The zero-order valence-electron chi connectivity index (χ0n) is 13.4. The summed E-state index contributed by atoms with van der Waals surface area (Å²) in [4.78, 5) is 34.5. The van der Waals surface area contributed by atoms with Crippen LogP contribution in [0.2, 0.25) is 0 Å². The maximum atomic E-state index is 12.1. The Morgan fingerprint density at radius 2 is 1.55 bits per heavy atom. The summed E-state index contributed by atoms with van der Waals surface area (Å²) in [6, 6.07) is -2.30. The van der Waals surface area contributed by atoms with E-state index >= 15 is 0 Å². The standard InChI is InChI=1S/C14H25N3O4S/c1-13(2)12(14(3,4)22-13)17-9(18)5-7(15)11(21)8(16)6-10(19)20/h7-8,12H,5-6,15-16H2,1-4H3,(H,17,18)(H,19,20)/t7?,8-/m1/s1. The Labute approximate surface area is 134 Å². The summed E-state index contributed by atoms with van der Waals surface area (Å²) in [7, 11) is 0. The highest BCUT2D eigenvalue weighted by atomic mass is 32.2. The summed E-state index contributed by atoms with van der Waals surface area (Å²) in [5.41, 5.74) is 11.2. The lowest BCUT2D eigenvalue weighted by Crippen LogP contribution is -2.67. The van der Waals surface area contributed by atoms with Crippen molar-refractivity contribution in [2.75, 3.05) is 0 Å². The van der Waals surface area contributed by atoms with Crippen LogP contribution in [0.25, 0.3) is 0 Å². The van der Waals surface area contributed by atoms with Crippen LogP contribution in [0.4, 0.5) is 0 Å². The minimum absolute atomic E-state index is 0.0208. The fourth-order valence-corrected chi connectivity index (χ4v) is 5.12. The molecule has 6 N–H and O–H groups in total. The zero-order chi connectivity index (χ0) is 17.3.